The van der Waals surface area contributed by atoms with E-state index in [9.17, 15) is 9.59 Å². The summed E-state index contributed by atoms with van der Waals surface area (Å²) >= 11 is 0. The van der Waals surface area contributed by atoms with Gasteiger partial charge in [0.15, 0.2) is 0 Å². The fourth-order valence-corrected chi connectivity index (χ4v) is 0.545. The molecule has 0 aliphatic rings. The van der Waals surface area contributed by atoms with E-state index in [0.29, 0.717) is 0 Å². The molecule has 0 aliphatic carbocycles. The van der Waals surface area contributed by atoms with Gasteiger partial charge in [0.1, 0.15) is 0 Å². The fraction of sp³-hybridized carbons (Fsp3) is 0.0909. The smallest absolute Gasteiger partial charge is 0.337 e. The molecule has 0 fully saturated rings. The van der Waals surface area contributed by atoms with Crippen molar-refractivity contribution < 1.29 is 19.1 Å². The van der Waals surface area contributed by atoms with Crippen molar-refractivity contribution in [1.82, 2.24) is 0 Å². The number of carbonyl (C=O) groups excluding carboxylic acids is 2. The van der Waals surface area contributed by atoms with Crippen LogP contribution in [0.1, 0.15) is 6.92 Å². The molecule has 0 amide bonds. The Morgan fingerprint density at radius 3 is 1.87 bits per heavy atom. The van der Waals surface area contributed by atoms with Crippen LogP contribution in [0.5, 0.6) is 0 Å². The van der Waals surface area contributed by atoms with Gasteiger partial charge in [-0.15, -0.1) is 0 Å². The van der Waals surface area contributed by atoms with Crippen molar-refractivity contribution in [3.63, 3.8) is 0 Å². The van der Waals surface area contributed by atoms with Crippen LogP contribution in [0.15, 0.2) is 49.5 Å². The number of ether oxygens (including phenoxy) is 2. The van der Waals surface area contributed by atoms with Crippen molar-refractivity contribution in [3.8, 4) is 0 Å². The Kier molecular flexibility index (Phi) is 6.29. The van der Waals surface area contributed by atoms with Crippen LogP contribution in [-0.4, -0.2) is 11.9 Å². The summed E-state index contributed by atoms with van der Waals surface area (Å²) in [6.45, 7) is 8.19. The number of allylic oxidation sites excluding steroid dienone is 3. The second-order valence-electron chi connectivity index (χ2n) is 2.26. The van der Waals surface area contributed by atoms with Gasteiger partial charge >= 0.3 is 11.9 Å². The fourth-order valence-electron chi connectivity index (χ4n) is 0.545. The van der Waals surface area contributed by atoms with Crippen LogP contribution in [0.4, 0.5) is 0 Å². The minimum atomic E-state index is -0.706. The molecule has 0 atom stereocenters. The summed E-state index contributed by atoms with van der Waals surface area (Å²) in [4.78, 5) is 21.7. The molecule has 80 valence electrons. The van der Waals surface area contributed by atoms with Crippen molar-refractivity contribution in [1.29, 1.82) is 0 Å². The van der Waals surface area contributed by atoms with Gasteiger partial charge in [-0.3, -0.25) is 0 Å². The zero-order valence-electron chi connectivity index (χ0n) is 8.43. The summed E-state index contributed by atoms with van der Waals surface area (Å²) in [6, 6.07) is 0. The highest BCUT2D eigenvalue weighted by atomic mass is 16.7. The maximum atomic E-state index is 10.8. The first-order valence-electron chi connectivity index (χ1n) is 4.15. The first kappa shape index (κ1) is 12.9. The third-order valence-corrected chi connectivity index (χ3v) is 1.16. The molecule has 0 unspecified atom stereocenters. The molecule has 0 radical (unpaired) electrons. The molecule has 4 heteroatoms. The summed E-state index contributed by atoms with van der Waals surface area (Å²) in [5.74, 6) is -1.63. The van der Waals surface area contributed by atoms with E-state index >= 15 is 0 Å². The predicted molar refractivity (Wildman–Crippen MR) is 55.5 cm³/mol. The number of rotatable bonds is 5. The maximum Gasteiger partial charge on any atom is 0.337 e. The standard InChI is InChI=1S/C11H12O4/c1-4-7-8-11(14-9(12)5-2)15-10(13)6-3/h4-8H,2-3H2,1H3/b7-4+. The van der Waals surface area contributed by atoms with Crippen LogP contribution in [0.25, 0.3) is 0 Å². The lowest BCUT2D eigenvalue weighted by molar-refractivity contribution is -0.147. The van der Waals surface area contributed by atoms with Crippen molar-refractivity contribution in [3.05, 3.63) is 49.5 Å². The third kappa shape index (κ3) is 6.04. The van der Waals surface area contributed by atoms with Gasteiger partial charge in [-0.1, -0.05) is 25.3 Å². The van der Waals surface area contributed by atoms with E-state index in [2.05, 4.69) is 22.6 Å². The van der Waals surface area contributed by atoms with Crippen LogP contribution >= 0.6 is 0 Å². The molecule has 0 aromatic rings. The summed E-state index contributed by atoms with van der Waals surface area (Å²) in [7, 11) is 0. The normalized spacial score (nSPS) is 9.13. The summed E-state index contributed by atoms with van der Waals surface area (Å²) in [6.07, 6.45) is 6.50. The van der Waals surface area contributed by atoms with Crippen molar-refractivity contribution in [2.45, 2.75) is 6.92 Å². The average Bonchev–Trinajstić information content (AvgIpc) is 2.25. The number of carbonyl (C=O) groups is 2. The minimum Gasteiger partial charge on any atom is -0.389 e. The zero-order chi connectivity index (χ0) is 11.7. The lowest BCUT2D eigenvalue weighted by Crippen LogP contribution is -2.07. The van der Waals surface area contributed by atoms with Crippen LogP contribution < -0.4 is 0 Å². The predicted octanol–water partition coefficient (Wildman–Crippen LogP) is 1.86. The number of hydrogen-bond donors (Lipinski definition) is 0. The SMILES string of the molecule is C=CC(=O)OC(=C/C=C/C)OC(=O)C=C. The van der Waals surface area contributed by atoms with E-state index in [1.807, 2.05) is 0 Å². The maximum absolute atomic E-state index is 10.8. The molecule has 0 aliphatic heterocycles. The zero-order valence-corrected chi connectivity index (χ0v) is 8.43. The molecule has 0 saturated carbocycles. The molecule has 4 nitrogen and oxygen atoms in total. The van der Waals surface area contributed by atoms with Crippen molar-refractivity contribution in [2.75, 3.05) is 0 Å². The second-order valence-corrected chi connectivity index (χ2v) is 2.26. The molecule has 0 N–H and O–H groups in total. The Bertz CT molecular complexity index is 299. The highest BCUT2D eigenvalue weighted by molar-refractivity contribution is 5.84. The molecule has 0 heterocycles. The Morgan fingerprint density at radius 1 is 1.07 bits per heavy atom. The van der Waals surface area contributed by atoms with Crippen LogP contribution in [0, 0.1) is 0 Å². The lowest BCUT2D eigenvalue weighted by atomic mass is 10.5. The number of hydrogen-bond acceptors (Lipinski definition) is 4. The Morgan fingerprint density at radius 2 is 1.53 bits per heavy atom. The van der Waals surface area contributed by atoms with Gasteiger partial charge in [-0.25, -0.2) is 9.59 Å². The largest absolute Gasteiger partial charge is 0.389 e. The van der Waals surface area contributed by atoms with Crippen LogP contribution in [-0.2, 0) is 19.1 Å². The highest BCUT2D eigenvalue weighted by Gasteiger charge is 2.07. The quantitative estimate of drug-likeness (QED) is 0.299. The van der Waals surface area contributed by atoms with Crippen molar-refractivity contribution in [2.24, 2.45) is 0 Å². The minimum absolute atomic E-state index is 0.220. The monoisotopic (exact) mass is 208 g/mol. The molecule has 0 bridgehead atoms. The topological polar surface area (TPSA) is 52.6 Å². The summed E-state index contributed by atoms with van der Waals surface area (Å²) in [5, 5.41) is 0. The number of esters is 2. The van der Waals surface area contributed by atoms with Gasteiger partial charge in [0.2, 0.25) is 0 Å². The van der Waals surface area contributed by atoms with E-state index in [-0.39, 0.29) is 5.95 Å². The van der Waals surface area contributed by atoms with Gasteiger partial charge in [0.25, 0.3) is 5.95 Å². The highest BCUT2D eigenvalue weighted by Crippen LogP contribution is 2.02. The molecule has 0 spiro atoms. The van der Waals surface area contributed by atoms with E-state index < -0.39 is 11.9 Å². The molecule has 0 saturated heterocycles. The Hall–Kier alpha value is -2.10. The molecule has 15 heavy (non-hydrogen) atoms. The van der Waals surface area contributed by atoms with Gasteiger partial charge in [-0.05, 0) is 6.92 Å². The second kappa shape index (κ2) is 7.32. The van der Waals surface area contributed by atoms with Gasteiger partial charge < -0.3 is 9.47 Å². The van der Waals surface area contributed by atoms with Crippen LogP contribution in [0.2, 0.25) is 0 Å². The van der Waals surface area contributed by atoms with Crippen molar-refractivity contribution >= 4 is 11.9 Å². The summed E-state index contributed by atoms with van der Waals surface area (Å²) in [5.41, 5.74) is 0. The van der Waals surface area contributed by atoms with Gasteiger partial charge in [0.05, 0.1) is 0 Å². The average molecular weight is 208 g/mol. The lowest BCUT2D eigenvalue weighted by Gasteiger charge is -2.04. The Balaban J connectivity index is 4.57. The van der Waals surface area contributed by atoms with E-state index in [1.165, 1.54) is 6.08 Å². The van der Waals surface area contributed by atoms with E-state index in [1.54, 1.807) is 19.1 Å². The Labute approximate surface area is 88.2 Å². The molecular weight excluding hydrogens is 196 g/mol. The van der Waals surface area contributed by atoms with E-state index in [4.69, 9.17) is 0 Å². The molecule has 0 aromatic carbocycles. The van der Waals surface area contributed by atoms with E-state index in [0.717, 1.165) is 12.2 Å². The van der Waals surface area contributed by atoms with Gasteiger partial charge in [-0.2, -0.15) is 0 Å². The molecular formula is C11H12O4. The first-order chi connectivity index (χ1) is 7.13. The molecule has 0 rings (SSSR count). The summed E-state index contributed by atoms with van der Waals surface area (Å²) < 4.78 is 9.27. The first-order valence-corrected chi connectivity index (χ1v) is 4.15. The molecule has 0 aromatic heterocycles. The van der Waals surface area contributed by atoms with Gasteiger partial charge in [0, 0.05) is 18.2 Å². The third-order valence-electron chi connectivity index (χ3n) is 1.16. The van der Waals surface area contributed by atoms with Crippen LogP contribution in [0.3, 0.4) is 0 Å².